The van der Waals surface area contributed by atoms with Crippen LogP contribution in [-0.4, -0.2) is 60.5 Å². The van der Waals surface area contributed by atoms with Crippen LogP contribution in [0.2, 0.25) is 0 Å². The monoisotopic (exact) mass is 495 g/mol. The van der Waals surface area contributed by atoms with Gasteiger partial charge in [-0.05, 0) is 44.9 Å². The molecule has 3 aliphatic heterocycles. The second kappa shape index (κ2) is 8.31. The van der Waals surface area contributed by atoms with E-state index in [0.717, 1.165) is 24.3 Å². The Morgan fingerprint density at radius 3 is 2.72 bits per heavy atom. The minimum absolute atomic E-state index is 0.177. The van der Waals surface area contributed by atoms with Crippen LogP contribution in [0.3, 0.4) is 0 Å². The molecule has 1 saturated carbocycles. The Bertz CT molecular complexity index is 1220. The number of hydrogen-bond donors (Lipinski definition) is 2. The predicted octanol–water partition coefficient (Wildman–Crippen LogP) is 0.530. The maximum atomic E-state index is 12.7. The van der Waals surface area contributed by atoms with E-state index < -0.39 is 35.6 Å². The molecule has 4 N–H and O–H groups in total. The zero-order valence-corrected chi connectivity index (χ0v) is 20.4. The molecule has 11 heteroatoms. The van der Waals surface area contributed by atoms with Crippen LogP contribution in [0.4, 0.5) is 17.3 Å². The smallest absolute Gasteiger partial charge is 0.307 e. The van der Waals surface area contributed by atoms with E-state index in [9.17, 15) is 9.59 Å². The van der Waals surface area contributed by atoms with E-state index in [-0.39, 0.29) is 6.10 Å². The van der Waals surface area contributed by atoms with Gasteiger partial charge in [-0.1, -0.05) is 0 Å². The first kappa shape index (κ1) is 23.0. The molecule has 2 aromatic rings. The van der Waals surface area contributed by atoms with Crippen LogP contribution in [0.25, 0.3) is 0 Å². The van der Waals surface area contributed by atoms with Crippen molar-refractivity contribution in [1.29, 1.82) is 0 Å². The van der Waals surface area contributed by atoms with Crippen molar-refractivity contribution in [2.45, 2.75) is 56.7 Å². The van der Waals surface area contributed by atoms with E-state index in [4.69, 9.17) is 25.7 Å². The Labute approximate surface area is 208 Å². The first-order valence-electron chi connectivity index (χ1n) is 12.3. The number of nitrogens with zero attached hydrogens (tertiary/aromatic N) is 4. The van der Waals surface area contributed by atoms with Gasteiger partial charge in [-0.2, -0.15) is 0 Å². The number of primary amides is 2. The first-order chi connectivity index (χ1) is 17.2. The summed E-state index contributed by atoms with van der Waals surface area (Å²) in [6.07, 6.45) is 5.66. The van der Waals surface area contributed by atoms with Gasteiger partial charge in [-0.25, -0.2) is 14.5 Å². The Morgan fingerprint density at radius 2 is 2.06 bits per heavy atom. The maximum absolute atomic E-state index is 12.7. The van der Waals surface area contributed by atoms with Gasteiger partial charge in [0.15, 0.2) is 5.79 Å². The molecular weight excluding hydrogens is 464 g/mol. The summed E-state index contributed by atoms with van der Waals surface area (Å²) in [4.78, 5) is 33.8. The Kier molecular flexibility index (Phi) is 5.31. The van der Waals surface area contributed by atoms with Crippen molar-refractivity contribution in [2.75, 3.05) is 29.6 Å². The molecule has 0 spiro atoms. The molecule has 4 aliphatic rings. The van der Waals surface area contributed by atoms with Crippen LogP contribution in [-0.2, 0) is 19.1 Å². The molecule has 190 valence electrons. The van der Waals surface area contributed by atoms with Crippen LogP contribution < -0.4 is 30.6 Å². The molecule has 2 aromatic heterocycles. The van der Waals surface area contributed by atoms with Gasteiger partial charge in [-0.3, -0.25) is 9.59 Å². The average molecular weight is 496 g/mol. The minimum atomic E-state index is -0.825. The number of carbonyl (C=O) groups excluding carboxylic acids is 2. The molecule has 2 amide bonds. The molecule has 11 nitrogen and oxygen atoms in total. The summed E-state index contributed by atoms with van der Waals surface area (Å²) >= 11 is 0. The van der Waals surface area contributed by atoms with E-state index in [0.29, 0.717) is 37.4 Å². The van der Waals surface area contributed by atoms with Gasteiger partial charge < -0.3 is 30.6 Å². The van der Waals surface area contributed by atoms with Crippen LogP contribution in [0.5, 0.6) is 5.75 Å². The lowest BCUT2D eigenvalue weighted by Crippen LogP contribution is -2.51. The van der Waals surface area contributed by atoms with Crippen molar-refractivity contribution in [1.82, 2.24) is 4.98 Å². The normalized spacial score (nSPS) is 28.2. The molecule has 3 fully saturated rings. The van der Waals surface area contributed by atoms with E-state index in [2.05, 4.69) is 9.55 Å². The molecule has 4 atom stereocenters. The SMILES string of the molecule is CC1(C)OC[C@@H](COc2ccnc(N3c4c(ccc[n+]4C4CC4)N4C[C@@H]3C(C(N)=O)C4C(N)=O)c2)O1. The Morgan fingerprint density at radius 1 is 1.25 bits per heavy atom. The summed E-state index contributed by atoms with van der Waals surface area (Å²) in [5.74, 6) is -0.436. The molecular formula is C25H31N6O5+. The van der Waals surface area contributed by atoms with Crippen molar-refractivity contribution in [3.8, 4) is 5.75 Å². The molecule has 5 heterocycles. The Hall–Kier alpha value is -3.44. The van der Waals surface area contributed by atoms with Gasteiger partial charge in [-0.15, -0.1) is 0 Å². The molecule has 0 radical (unpaired) electrons. The number of nitrogens with two attached hydrogens (primary N) is 2. The van der Waals surface area contributed by atoms with E-state index in [1.807, 2.05) is 48.0 Å². The van der Waals surface area contributed by atoms with Crippen LogP contribution in [0, 0.1) is 5.92 Å². The summed E-state index contributed by atoms with van der Waals surface area (Å²) < 4.78 is 19.7. The summed E-state index contributed by atoms with van der Waals surface area (Å²) in [6, 6.07) is 6.67. The standard InChI is InChI=1S/C25H30N6O5/c1-25(2)35-13-16(36-25)12-34-15-7-8-28-19(10-15)31-18-11-30(21(23(27)33)20(18)22(26)32)17-4-3-9-29(24(17)31)14-5-6-14/h3-4,7-10,14,16,18,20-21H,5-6,11-13H2,1-2H3,(H3-,26,27,32,33)/p+1/t16-,18-,20?,21?/m1/s1. The van der Waals surface area contributed by atoms with Crippen LogP contribution in [0.1, 0.15) is 32.7 Å². The maximum Gasteiger partial charge on any atom is 0.307 e. The fourth-order valence-corrected chi connectivity index (χ4v) is 5.71. The number of anilines is 3. The lowest BCUT2D eigenvalue weighted by atomic mass is 9.94. The summed E-state index contributed by atoms with van der Waals surface area (Å²) in [5, 5.41) is 0. The zero-order chi connectivity index (χ0) is 25.2. The van der Waals surface area contributed by atoms with Crippen molar-refractivity contribution < 1.29 is 28.4 Å². The third-order valence-electron chi connectivity index (χ3n) is 7.35. The Balaban J connectivity index is 1.39. The van der Waals surface area contributed by atoms with Gasteiger partial charge in [0, 0.05) is 12.3 Å². The average Bonchev–Trinajstić information content (AvgIpc) is 3.54. The number of aromatic nitrogens is 2. The van der Waals surface area contributed by atoms with Crippen LogP contribution in [0.15, 0.2) is 36.7 Å². The summed E-state index contributed by atoms with van der Waals surface area (Å²) in [6.45, 7) is 4.96. The number of rotatable bonds is 7. The molecule has 2 bridgehead atoms. The van der Waals surface area contributed by atoms with Crippen molar-refractivity contribution in [3.63, 3.8) is 0 Å². The fourth-order valence-electron chi connectivity index (χ4n) is 5.71. The molecule has 2 saturated heterocycles. The minimum Gasteiger partial charge on any atom is -0.491 e. The van der Waals surface area contributed by atoms with Crippen LogP contribution >= 0.6 is 0 Å². The highest BCUT2D eigenvalue weighted by atomic mass is 16.7. The van der Waals surface area contributed by atoms with Gasteiger partial charge in [0.1, 0.15) is 48.2 Å². The summed E-state index contributed by atoms with van der Waals surface area (Å²) in [7, 11) is 0. The summed E-state index contributed by atoms with van der Waals surface area (Å²) in [5.41, 5.74) is 12.5. The highest BCUT2D eigenvalue weighted by Gasteiger charge is 2.60. The van der Waals surface area contributed by atoms with Crippen molar-refractivity contribution in [2.24, 2.45) is 17.4 Å². The highest BCUT2D eigenvalue weighted by molar-refractivity contribution is 5.96. The fraction of sp³-hybridized carbons (Fsp3) is 0.520. The number of ether oxygens (including phenoxy) is 3. The number of amides is 2. The third-order valence-corrected chi connectivity index (χ3v) is 7.35. The molecule has 0 aromatic carbocycles. The molecule has 1 aliphatic carbocycles. The van der Waals surface area contributed by atoms with Gasteiger partial charge in [0.05, 0.1) is 19.3 Å². The van der Waals surface area contributed by atoms with Crippen molar-refractivity contribution >= 4 is 29.1 Å². The number of pyridine rings is 2. The third kappa shape index (κ3) is 3.82. The first-order valence-corrected chi connectivity index (χ1v) is 12.3. The zero-order valence-electron chi connectivity index (χ0n) is 20.4. The topological polar surface area (TPSA) is 137 Å². The molecule has 36 heavy (non-hydrogen) atoms. The predicted molar refractivity (Wildman–Crippen MR) is 128 cm³/mol. The lowest BCUT2D eigenvalue weighted by molar-refractivity contribution is -0.687. The highest BCUT2D eigenvalue weighted by Crippen LogP contribution is 2.48. The number of carbonyl (C=O) groups is 2. The number of hydrogen-bond acceptors (Lipinski definition) is 8. The second-order valence-corrected chi connectivity index (χ2v) is 10.3. The van der Waals surface area contributed by atoms with E-state index in [1.54, 1.807) is 12.3 Å². The largest absolute Gasteiger partial charge is 0.491 e. The lowest BCUT2D eigenvalue weighted by Gasteiger charge is -2.33. The van der Waals surface area contributed by atoms with E-state index in [1.165, 1.54) is 0 Å². The van der Waals surface area contributed by atoms with Crippen molar-refractivity contribution in [3.05, 3.63) is 36.7 Å². The molecule has 6 rings (SSSR count). The van der Waals surface area contributed by atoms with Gasteiger partial charge in [0.2, 0.25) is 17.6 Å². The second-order valence-electron chi connectivity index (χ2n) is 10.3. The van der Waals surface area contributed by atoms with Gasteiger partial charge in [0.25, 0.3) is 0 Å². The van der Waals surface area contributed by atoms with Gasteiger partial charge >= 0.3 is 5.82 Å². The molecule has 2 unspecified atom stereocenters. The quantitative estimate of drug-likeness (QED) is 0.531. The van der Waals surface area contributed by atoms with E-state index >= 15 is 0 Å². The number of fused-ring (bicyclic) bond motifs is 4.